The quantitative estimate of drug-likeness (QED) is 0.299. The molecule has 0 aliphatic carbocycles. The summed E-state index contributed by atoms with van der Waals surface area (Å²) in [6.07, 6.45) is 1.68. The number of carbonyl (C=O) groups excluding carboxylic acids is 3. The zero-order valence-electron chi connectivity index (χ0n) is 20.1. The van der Waals surface area contributed by atoms with Crippen LogP contribution in [-0.2, 0) is 20.9 Å². The SMILES string of the molecule is CCOC(=O)CN1C(=O)S/C(=C/c2cc(C)n(-c3ccc(OCc4ccc(F)cc4)cc3)c2C)C1=O. The molecule has 1 saturated heterocycles. The number of thioether (sulfide) groups is 1. The van der Waals surface area contributed by atoms with Crippen LogP contribution in [0.5, 0.6) is 5.75 Å². The fourth-order valence-electron chi connectivity index (χ4n) is 3.88. The molecule has 2 amide bonds. The third-order valence-corrected chi connectivity index (χ3v) is 6.54. The first-order valence-electron chi connectivity index (χ1n) is 11.3. The Balaban J connectivity index is 1.49. The summed E-state index contributed by atoms with van der Waals surface area (Å²) in [5.41, 5.74) is 4.42. The largest absolute Gasteiger partial charge is 0.489 e. The number of carbonyl (C=O) groups is 3. The van der Waals surface area contributed by atoms with Crippen molar-refractivity contribution in [2.24, 2.45) is 0 Å². The molecular weight excluding hydrogens is 483 g/mol. The summed E-state index contributed by atoms with van der Waals surface area (Å²) in [6.45, 7) is 5.66. The predicted molar refractivity (Wildman–Crippen MR) is 135 cm³/mol. The lowest BCUT2D eigenvalue weighted by atomic mass is 10.2. The van der Waals surface area contributed by atoms with Crippen molar-refractivity contribution < 1.29 is 28.2 Å². The molecule has 7 nitrogen and oxygen atoms in total. The maximum absolute atomic E-state index is 13.1. The van der Waals surface area contributed by atoms with E-state index in [2.05, 4.69) is 0 Å². The van der Waals surface area contributed by atoms with Crippen LogP contribution in [-0.4, -0.2) is 39.7 Å². The van der Waals surface area contributed by atoms with Crippen molar-refractivity contribution >= 4 is 35.0 Å². The molecule has 0 radical (unpaired) electrons. The van der Waals surface area contributed by atoms with Crippen LogP contribution >= 0.6 is 11.8 Å². The smallest absolute Gasteiger partial charge is 0.326 e. The zero-order chi connectivity index (χ0) is 25.8. The van der Waals surface area contributed by atoms with Crippen LogP contribution in [0.25, 0.3) is 11.8 Å². The molecule has 1 aliphatic heterocycles. The first-order chi connectivity index (χ1) is 17.3. The first-order valence-corrected chi connectivity index (χ1v) is 12.2. The molecule has 3 aromatic rings. The van der Waals surface area contributed by atoms with Gasteiger partial charge in [0.2, 0.25) is 0 Å². The minimum atomic E-state index is -0.621. The van der Waals surface area contributed by atoms with Gasteiger partial charge in [-0.2, -0.15) is 0 Å². The van der Waals surface area contributed by atoms with Crippen molar-refractivity contribution in [1.82, 2.24) is 9.47 Å². The van der Waals surface area contributed by atoms with E-state index in [1.165, 1.54) is 12.1 Å². The van der Waals surface area contributed by atoms with Crippen molar-refractivity contribution in [3.8, 4) is 11.4 Å². The molecule has 2 heterocycles. The molecule has 0 bridgehead atoms. The van der Waals surface area contributed by atoms with Gasteiger partial charge in [0.25, 0.3) is 11.1 Å². The Hall–Kier alpha value is -3.85. The lowest BCUT2D eigenvalue weighted by Gasteiger charge is -2.12. The van der Waals surface area contributed by atoms with Crippen molar-refractivity contribution in [2.45, 2.75) is 27.4 Å². The minimum Gasteiger partial charge on any atom is -0.489 e. The minimum absolute atomic E-state index is 0.179. The summed E-state index contributed by atoms with van der Waals surface area (Å²) in [4.78, 5) is 37.9. The molecule has 0 atom stereocenters. The fourth-order valence-corrected chi connectivity index (χ4v) is 4.71. The molecule has 0 unspecified atom stereocenters. The third kappa shape index (κ3) is 5.52. The highest BCUT2D eigenvalue weighted by molar-refractivity contribution is 8.18. The summed E-state index contributed by atoms with van der Waals surface area (Å²) in [6, 6.07) is 15.7. The van der Waals surface area contributed by atoms with Gasteiger partial charge in [0.1, 0.15) is 24.7 Å². The Morgan fingerprint density at radius 1 is 1.06 bits per heavy atom. The van der Waals surface area contributed by atoms with Gasteiger partial charge in [-0.15, -0.1) is 0 Å². The maximum Gasteiger partial charge on any atom is 0.326 e. The Kier molecular flexibility index (Phi) is 7.59. The molecule has 4 rings (SSSR count). The van der Waals surface area contributed by atoms with Crippen LogP contribution < -0.4 is 4.74 Å². The summed E-state index contributed by atoms with van der Waals surface area (Å²) in [5, 5.41) is -0.496. The van der Waals surface area contributed by atoms with E-state index in [-0.39, 0.29) is 17.3 Å². The molecular formula is C27H25FN2O5S. The lowest BCUT2D eigenvalue weighted by molar-refractivity contribution is -0.145. The van der Waals surface area contributed by atoms with Gasteiger partial charge >= 0.3 is 5.97 Å². The number of benzene rings is 2. The number of aromatic nitrogens is 1. The van der Waals surface area contributed by atoms with Gasteiger partial charge < -0.3 is 14.0 Å². The number of imide groups is 1. The Bertz CT molecular complexity index is 1330. The molecule has 186 valence electrons. The van der Waals surface area contributed by atoms with Gasteiger partial charge in [0.15, 0.2) is 0 Å². The van der Waals surface area contributed by atoms with E-state index in [4.69, 9.17) is 9.47 Å². The summed E-state index contributed by atoms with van der Waals surface area (Å²) >= 11 is 0.807. The number of aryl methyl sites for hydroxylation is 1. The topological polar surface area (TPSA) is 77.8 Å². The number of nitrogens with zero attached hydrogens (tertiary/aromatic N) is 2. The van der Waals surface area contributed by atoms with Gasteiger partial charge in [0.05, 0.1) is 11.5 Å². The molecule has 9 heteroatoms. The second-order valence-electron chi connectivity index (χ2n) is 8.14. The number of esters is 1. The van der Waals surface area contributed by atoms with Crippen LogP contribution in [0.1, 0.15) is 29.4 Å². The van der Waals surface area contributed by atoms with E-state index in [1.807, 2.05) is 48.7 Å². The molecule has 0 spiro atoms. The van der Waals surface area contributed by atoms with E-state index in [9.17, 15) is 18.8 Å². The van der Waals surface area contributed by atoms with Crippen LogP contribution in [0, 0.1) is 19.7 Å². The second kappa shape index (κ2) is 10.8. The van der Waals surface area contributed by atoms with Gasteiger partial charge in [-0.1, -0.05) is 12.1 Å². The molecule has 36 heavy (non-hydrogen) atoms. The zero-order valence-corrected chi connectivity index (χ0v) is 20.9. The average molecular weight is 509 g/mol. The Morgan fingerprint density at radius 2 is 1.75 bits per heavy atom. The number of rotatable bonds is 8. The van der Waals surface area contributed by atoms with Gasteiger partial charge in [-0.25, -0.2) is 4.39 Å². The van der Waals surface area contributed by atoms with Crippen LogP contribution in [0.15, 0.2) is 59.5 Å². The normalized spacial score (nSPS) is 14.6. The summed E-state index contributed by atoms with van der Waals surface area (Å²) < 4.78 is 25.8. The van der Waals surface area contributed by atoms with E-state index in [0.29, 0.717) is 12.4 Å². The monoisotopic (exact) mass is 508 g/mol. The van der Waals surface area contributed by atoms with E-state index >= 15 is 0 Å². The highest BCUT2D eigenvalue weighted by Gasteiger charge is 2.36. The summed E-state index contributed by atoms with van der Waals surface area (Å²) in [5.74, 6) is -0.733. The van der Waals surface area contributed by atoms with Crippen molar-refractivity contribution in [3.05, 3.63) is 87.8 Å². The molecule has 2 aromatic carbocycles. The number of amides is 2. The molecule has 1 aromatic heterocycles. The predicted octanol–water partition coefficient (Wildman–Crippen LogP) is 5.41. The summed E-state index contributed by atoms with van der Waals surface area (Å²) in [7, 11) is 0. The molecule has 0 saturated carbocycles. The number of hydrogen-bond acceptors (Lipinski definition) is 6. The van der Waals surface area contributed by atoms with Gasteiger partial charge in [-0.3, -0.25) is 19.3 Å². The van der Waals surface area contributed by atoms with Crippen LogP contribution in [0.2, 0.25) is 0 Å². The number of ether oxygens (including phenoxy) is 2. The average Bonchev–Trinajstić information content (AvgIpc) is 3.28. The van der Waals surface area contributed by atoms with E-state index in [1.54, 1.807) is 25.1 Å². The third-order valence-electron chi connectivity index (χ3n) is 5.64. The Labute approximate surface area is 212 Å². The second-order valence-corrected chi connectivity index (χ2v) is 9.14. The fraction of sp³-hybridized carbons (Fsp3) is 0.222. The van der Waals surface area contributed by atoms with E-state index < -0.39 is 23.7 Å². The highest BCUT2D eigenvalue weighted by Crippen LogP contribution is 2.34. The highest BCUT2D eigenvalue weighted by atomic mass is 32.2. The molecule has 1 aliphatic rings. The molecule has 0 N–H and O–H groups in total. The number of hydrogen-bond donors (Lipinski definition) is 0. The number of halogens is 1. The van der Waals surface area contributed by atoms with Crippen LogP contribution in [0.4, 0.5) is 9.18 Å². The van der Waals surface area contributed by atoms with Gasteiger partial charge in [-0.05, 0) is 92.2 Å². The van der Waals surface area contributed by atoms with Crippen LogP contribution in [0.3, 0.4) is 0 Å². The standard InChI is InChI=1S/C27H25FN2O5S/c1-4-34-25(31)15-29-26(32)24(36-27(29)33)14-20-13-17(2)30(18(20)3)22-9-11-23(12-10-22)35-16-19-5-7-21(28)8-6-19/h5-14H,4,15-16H2,1-3H3/b24-14+. The van der Waals surface area contributed by atoms with Crippen molar-refractivity contribution in [1.29, 1.82) is 0 Å². The Morgan fingerprint density at radius 3 is 2.42 bits per heavy atom. The maximum atomic E-state index is 13.1. The first kappa shape index (κ1) is 25.2. The van der Waals surface area contributed by atoms with Crippen molar-refractivity contribution in [2.75, 3.05) is 13.2 Å². The molecule has 1 fully saturated rings. The lowest BCUT2D eigenvalue weighted by Crippen LogP contribution is -2.34. The van der Waals surface area contributed by atoms with Crippen molar-refractivity contribution in [3.63, 3.8) is 0 Å². The van der Waals surface area contributed by atoms with E-state index in [0.717, 1.165) is 44.9 Å². The van der Waals surface area contributed by atoms with Gasteiger partial charge in [0, 0.05) is 17.1 Å².